The van der Waals surface area contributed by atoms with E-state index >= 15 is 0 Å². The number of aromatic nitrogens is 1. The molecule has 2 amide bonds. The molecule has 148 valence electrons. The second-order valence-electron chi connectivity index (χ2n) is 7.62. The molecule has 29 heavy (non-hydrogen) atoms. The Balaban J connectivity index is 1.59. The average Bonchev–Trinajstić information content (AvgIpc) is 3.27. The molecule has 2 aliphatic rings. The Bertz CT molecular complexity index is 1100. The van der Waals surface area contributed by atoms with Gasteiger partial charge in [-0.2, -0.15) is 0 Å². The number of benzene rings is 2. The standard InChI is InChI=1S/C23H23N3O3/c1-29-12-6-11-24-22(27)19-13-17-14-7-4-5-10-18(14)25-20(17)21-15-8-2-3-9-16(15)23(28)26(19)21/h2-5,7-10,19,21,25H,6,11-13H2,1H3,(H,24,27)/t19-,21-/m1/s1. The van der Waals surface area contributed by atoms with Gasteiger partial charge < -0.3 is 19.9 Å². The number of ether oxygens (including phenoxy) is 1. The van der Waals surface area contributed by atoms with Crippen molar-refractivity contribution in [2.45, 2.75) is 24.9 Å². The fraction of sp³-hybridized carbons (Fsp3) is 0.304. The van der Waals surface area contributed by atoms with E-state index in [0.717, 1.165) is 34.1 Å². The Morgan fingerprint density at radius 3 is 2.86 bits per heavy atom. The van der Waals surface area contributed by atoms with Crippen LogP contribution < -0.4 is 5.32 Å². The van der Waals surface area contributed by atoms with Gasteiger partial charge in [0.25, 0.3) is 5.91 Å². The molecule has 0 spiro atoms. The van der Waals surface area contributed by atoms with E-state index in [1.807, 2.05) is 42.5 Å². The van der Waals surface area contributed by atoms with Crippen molar-refractivity contribution < 1.29 is 14.3 Å². The van der Waals surface area contributed by atoms with E-state index in [9.17, 15) is 9.59 Å². The number of hydrogen-bond donors (Lipinski definition) is 2. The molecule has 2 atom stereocenters. The van der Waals surface area contributed by atoms with E-state index in [4.69, 9.17) is 4.74 Å². The average molecular weight is 389 g/mol. The molecule has 3 heterocycles. The van der Waals surface area contributed by atoms with Crippen molar-refractivity contribution in [3.63, 3.8) is 0 Å². The fourth-order valence-electron chi connectivity index (χ4n) is 4.68. The SMILES string of the molecule is COCCCNC(=O)[C@H]1Cc2c([nH]c3ccccc23)[C@H]2c3ccccc3C(=O)N21. The van der Waals surface area contributed by atoms with Crippen LogP contribution in [0, 0.1) is 0 Å². The predicted octanol–water partition coefficient (Wildman–Crippen LogP) is 2.79. The Morgan fingerprint density at radius 1 is 1.21 bits per heavy atom. The Labute approximate surface area is 168 Å². The van der Waals surface area contributed by atoms with Gasteiger partial charge in [0.15, 0.2) is 0 Å². The highest BCUT2D eigenvalue weighted by Gasteiger charge is 2.48. The number of carbonyl (C=O) groups is 2. The lowest BCUT2D eigenvalue weighted by atomic mass is 9.90. The first-order valence-corrected chi connectivity index (χ1v) is 9.98. The molecular weight excluding hydrogens is 366 g/mol. The molecule has 2 aliphatic heterocycles. The molecule has 0 saturated carbocycles. The molecule has 0 unspecified atom stereocenters. The molecule has 0 radical (unpaired) electrons. The van der Waals surface area contributed by atoms with E-state index in [0.29, 0.717) is 25.1 Å². The molecule has 0 aliphatic carbocycles. The van der Waals surface area contributed by atoms with Crippen molar-refractivity contribution in [1.29, 1.82) is 0 Å². The van der Waals surface area contributed by atoms with E-state index in [-0.39, 0.29) is 17.9 Å². The fourth-order valence-corrected chi connectivity index (χ4v) is 4.68. The summed E-state index contributed by atoms with van der Waals surface area (Å²) in [5.41, 5.74) is 4.83. The third-order valence-corrected chi connectivity index (χ3v) is 5.98. The predicted molar refractivity (Wildman–Crippen MR) is 110 cm³/mol. The van der Waals surface area contributed by atoms with Crippen molar-refractivity contribution >= 4 is 22.7 Å². The van der Waals surface area contributed by atoms with Gasteiger partial charge in [0.05, 0.1) is 6.04 Å². The number of fused-ring (bicyclic) bond motifs is 7. The van der Waals surface area contributed by atoms with Crippen molar-refractivity contribution in [2.24, 2.45) is 0 Å². The highest BCUT2D eigenvalue weighted by Crippen LogP contribution is 2.46. The summed E-state index contributed by atoms with van der Waals surface area (Å²) in [6, 6.07) is 15.0. The van der Waals surface area contributed by atoms with Crippen LogP contribution in [0.25, 0.3) is 10.9 Å². The van der Waals surface area contributed by atoms with Gasteiger partial charge in [0, 0.05) is 48.8 Å². The van der Waals surface area contributed by atoms with E-state index in [2.05, 4.69) is 16.4 Å². The lowest BCUT2D eigenvalue weighted by molar-refractivity contribution is -0.126. The first-order valence-electron chi connectivity index (χ1n) is 9.98. The summed E-state index contributed by atoms with van der Waals surface area (Å²) in [5.74, 6) is -0.185. The van der Waals surface area contributed by atoms with E-state index < -0.39 is 6.04 Å². The van der Waals surface area contributed by atoms with Gasteiger partial charge in [0.2, 0.25) is 5.91 Å². The minimum Gasteiger partial charge on any atom is -0.385 e. The lowest BCUT2D eigenvalue weighted by Gasteiger charge is -2.37. The molecule has 0 bridgehead atoms. The second kappa shape index (κ2) is 7.04. The van der Waals surface area contributed by atoms with Crippen LogP contribution in [0.15, 0.2) is 48.5 Å². The lowest BCUT2D eigenvalue weighted by Crippen LogP contribution is -2.52. The number of carbonyl (C=O) groups excluding carboxylic acids is 2. The molecular formula is C23H23N3O3. The van der Waals surface area contributed by atoms with Crippen LogP contribution in [0.1, 0.15) is 39.6 Å². The Hall–Kier alpha value is -3.12. The van der Waals surface area contributed by atoms with Gasteiger partial charge in [-0.15, -0.1) is 0 Å². The molecule has 0 saturated heterocycles. The maximum absolute atomic E-state index is 13.3. The summed E-state index contributed by atoms with van der Waals surface area (Å²) in [6.45, 7) is 1.12. The highest BCUT2D eigenvalue weighted by molar-refractivity contribution is 6.03. The number of methoxy groups -OCH3 is 1. The van der Waals surface area contributed by atoms with Crippen LogP contribution in [0.2, 0.25) is 0 Å². The van der Waals surface area contributed by atoms with Crippen LogP contribution in [-0.2, 0) is 16.0 Å². The zero-order valence-corrected chi connectivity index (χ0v) is 16.3. The molecule has 3 aromatic rings. The smallest absolute Gasteiger partial charge is 0.255 e. The third-order valence-electron chi connectivity index (χ3n) is 5.98. The van der Waals surface area contributed by atoms with Crippen molar-refractivity contribution in [3.8, 4) is 0 Å². The zero-order chi connectivity index (χ0) is 20.0. The van der Waals surface area contributed by atoms with Crippen LogP contribution in [0.4, 0.5) is 0 Å². The number of nitrogens with zero attached hydrogens (tertiary/aromatic N) is 1. The quantitative estimate of drug-likeness (QED) is 0.659. The number of H-pyrrole nitrogens is 1. The van der Waals surface area contributed by atoms with Crippen molar-refractivity contribution in [2.75, 3.05) is 20.3 Å². The number of rotatable bonds is 5. The molecule has 2 aromatic carbocycles. The van der Waals surface area contributed by atoms with Crippen LogP contribution in [0.3, 0.4) is 0 Å². The number of hydrogen-bond acceptors (Lipinski definition) is 3. The molecule has 6 nitrogen and oxygen atoms in total. The maximum atomic E-state index is 13.3. The Morgan fingerprint density at radius 2 is 2.00 bits per heavy atom. The molecule has 0 fully saturated rings. The van der Waals surface area contributed by atoms with Gasteiger partial charge in [-0.25, -0.2) is 0 Å². The first-order chi connectivity index (χ1) is 14.2. The number of amides is 2. The van der Waals surface area contributed by atoms with Gasteiger partial charge >= 0.3 is 0 Å². The van der Waals surface area contributed by atoms with Crippen LogP contribution in [-0.4, -0.2) is 48.0 Å². The van der Waals surface area contributed by atoms with E-state index in [1.165, 1.54) is 0 Å². The minimum atomic E-state index is -0.533. The topological polar surface area (TPSA) is 74.4 Å². The summed E-state index contributed by atoms with van der Waals surface area (Å²) in [4.78, 5) is 31.7. The van der Waals surface area contributed by atoms with Gasteiger partial charge in [-0.3, -0.25) is 9.59 Å². The minimum absolute atomic E-state index is 0.0769. The monoisotopic (exact) mass is 389 g/mol. The molecule has 5 rings (SSSR count). The van der Waals surface area contributed by atoms with Crippen LogP contribution in [0.5, 0.6) is 0 Å². The summed E-state index contributed by atoms with van der Waals surface area (Å²) < 4.78 is 5.06. The number of para-hydroxylation sites is 1. The normalized spacial score (nSPS) is 19.8. The number of aromatic amines is 1. The molecule has 1 aromatic heterocycles. The van der Waals surface area contributed by atoms with Crippen molar-refractivity contribution in [3.05, 3.63) is 70.9 Å². The highest BCUT2D eigenvalue weighted by atomic mass is 16.5. The second-order valence-corrected chi connectivity index (χ2v) is 7.62. The maximum Gasteiger partial charge on any atom is 0.255 e. The summed E-state index contributed by atoms with van der Waals surface area (Å²) in [7, 11) is 1.65. The Kier molecular flexibility index (Phi) is 4.36. The van der Waals surface area contributed by atoms with Gasteiger partial charge in [0.1, 0.15) is 6.04 Å². The van der Waals surface area contributed by atoms with E-state index in [1.54, 1.807) is 12.0 Å². The molecule has 6 heteroatoms. The molecule has 2 N–H and O–H groups in total. The largest absolute Gasteiger partial charge is 0.385 e. The summed E-state index contributed by atoms with van der Waals surface area (Å²) in [5, 5.41) is 4.12. The number of nitrogens with one attached hydrogen (secondary N) is 2. The van der Waals surface area contributed by atoms with Gasteiger partial charge in [-0.05, 0) is 29.7 Å². The summed E-state index contributed by atoms with van der Waals surface area (Å²) in [6.07, 6.45) is 1.25. The van der Waals surface area contributed by atoms with Crippen molar-refractivity contribution in [1.82, 2.24) is 15.2 Å². The first kappa shape index (κ1) is 17.9. The van der Waals surface area contributed by atoms with Gasteiger partial charge in [-0.1, -0.05) is 36.4 Å². The van der Waals surface area contributed by atoms with Crippen LogP contribution >= 0.6 is 0 Å². The third kappa shape index (κ3) is 2.75. The summed E-state index contributed by atoms with van der Waals surface area (Å²) >= 11 is 0. The zero-order valence-electron chi connectivity index (χ0n) is 16.3.